The number of ether oxygens (including phenoxy) is 1. The Balaban J connectivity index is 1.41. The van der Waals surface area contributed by atoms with Crippen molar-refractivity contribution in [2.75, 3.05) is 23.4 Å². The zero-order chi connectivity index (χ0) is 25.4. The fraction of sp³-hybridized carbons (Fsp3) is 0.429. The number of nitrogens with one attached hydrogen (secondary N) is 1. The van der Waals surface area contributed by atoms with Gasteiger partial charge in [-0.25, -0.2) is 0 Å². The molecule has 1 aliphatic carbocycles. The second-order valence-electron chi connectivity index (χ2n) is 9.95. The van der Waals surface area contributed by atoms with Crippen LogP contribution in [0.25, 0.3) is 0 Å². The molecular formula is C28H29N3O5. The van der Waals surface area contributed by atoms with Crippen LogP contribution < -0.4 is 15.0 Å². The fourth-order valence-corrected chi connectivity index (χ4v) is 6.07. The summed E-state index contributed by atoms with van der Waals surface area (Å²) in [4.78, 5) is 38.7. The summed E-state index contributed by atoms with van der Waals surface area (Å²) in [5.41, 5.74) is 3.26. The lowest BCUT2D eigenvalue weighted by atomic mass is 9.85. The van der Waals surface area contributed by atoms with Crippen molar-refractivity contribution < 1.29 is 24.2 Å². The summed E-state index contributed by atoms with van der Waals surface area (Å²) in [5, 5.41) is 21.4. The third kappa shape index (κ3) is 4.09. The van der Waals surface area contributed by atoms with Gasteiger partial charge in [-0.05, 0) is 67.5 Å². The van der Waals surface area contributed by atoms with E-state index in [-0.39, 0.29) is 35.5 Å². The Labute approximate surface area is 209 Å². The molecule has 36 heavy (non-hydrogen) atoms. The van der Waals surface area contributed by atoms with Gasteiger partial charge in [-0.15, -0.1) is 0 Å². The highest BCUT2D eigenvalue weighted by molar-refractivity contribution is 5.98. The molecule has 2 aromatic carbocycles. The summed E-state index contributed by atoms with van der Waals surface area (Å²) in [6.07, 6.45) is 3.07. The zero-order valence-corrected chi connectivity index (χ0v) is 20.3. The van der Waals surface area contributed by atoms with Gasteiger partial charge in [0.2, 0.25) is 11.8 Å². The standard InChI is InChI=1S/C28H29N3O5/c1-17-26(27(35)30-22-14-18(16-29)7-8-19(22)4-2-6-25(33)34)28(17)11-13-36-23-10-9-20(15-21(23)28)31-12-3-5-24(31)32/h7-10,14-15,17,26H,2-6,11-13H2,1H3,(H,30,35)(H,33,34)/t17?,26?,28-/m0/s1. The van der Waals surface area contributed by atoms with E-state index in [1.807, 2.05) is 23.1 Å². The Morgan fingerprint density at radius 1 is 1.28 bits per heavy atom. The van der Waals surface area contributed by atoms with Crippen LogP contribution in [0.5, 0.6) is 5.75 Å². The topological polar surface area (TPSA) is 120 Å². The molecule has 2 aromatic rings. The molecule has 0 radical (unpaired) electrons. The summed E-state index contributed by atoms with van der Waals surface area (Å²) >= 11 is 0. The van der Waals surface area contributed by atoms with Gasteiger partial charge in [0, 0.05) is 41.7 Å². The number of aliphatic carboxylic acids is 1. The molecule has 1 spiro atoms. The molecule has 2 amide bonds. The third-order valence-corrected chi connectivity index (χ3v) is 8.00. The summed E-state index contributed by atoms with van der Waals surface area (Å²) in [5.74, 6) is -0.295. The molecule has 2 fully saturated rings. The van der Waals surface area contributed by atoms with E-state index in [9.17, 15) is 19.6 Å². The highest BCUT2D eigenvalue weighted by Gasteiger charge is 2.67. The van der Waals surface area contributed by atoms with Gasteiger partial charge in [-0.3, -0.25) is 14.4 Å². The highest BCUT2D eigenvalue weighted by Crippen LogP contribution is 2.65. The van der Waals surface area contributed by atoms with Crippen molar-refractivity contribution >= 4 is 29.2 Å². The average molecular weight is 488 g/mol. The molecule has 186 valence electrons. The smallest absolute Gasteiger partial charge is 0.303 e. The number of carbonyl (C=O) groups excluding carboxylic acids is 2. The molecule has 1 saturated heterocycles. The van der Waals surface area contributed by atoms with Crippen molar-refractivity contribution in [2.24, 2.45) is 11.8 Å². The van der Waals surface area contributed by atoms with Crippen molar-refractivity contribution in [3.63, 3.8) is 0 Å². The Morgan fingerprint density at radius 3 is 2.83 bits per heavy atom. The molecule has 2 N–H and O–H groups in total. The van der Waals surface area contributed by atoms with Gasteiger partial charge in [0.05, 0.1) is 24.2 Å². The molecule has 1 saturated carbocycles. The Kier molecular flexibility index (Phi) is 6.17. The number of anilines is 2. The van der Waals surface area contributed by atoms with Crippen molar-refractivity contribution in [1.29, 1.82) is 5.26 Å². The lowest BCUT2D eigenvalue weighted by Crippen LogP contribution is -2.28. The van der Waals surface area contributed by atoms with E-state index in [2.05, 4.69) is 18.3 Å². The SMILES string of the molecule is CC1C(C(=O)Nc2cc(C#N)ccc2CCCC(=O)O)[C@@]12CCOc1ccc(N3CCCC3=O)cc12. The Bertz CT molecular complexity index is 1280. The number of carbonyl (C=O) groups is 3. The number of amides is 2. The number of hydrogen-bond donors (Lipinski definition) is 2. The molecule has 3 atom stereocenters. The third-order valence-electron chi connectivity index (χ3n) is 8.00. The maximum atomic E-state index is 13.6. The maximum Gasteiger partial charge on any atom is 0.303 e. The molecule has 8 heteroatoms. The van der Waals surface area contributed by atoms with Crippen molar-refractivity contribution in [1.82, 2.24) is 0 Å². The van der Waals surface area contributed by atoms with Crippen molar-refractivity contribution in [3.05, 3.63) is 53.1 Å². The van der Waals surface area contributed by atoms with Crippen LogP contribution in [0, 0.1) is 23.2 Å². The number of hydrogen-bond acceptors (Lipinski definition) is 5. The number of rotatable bonds is 7. The highest BCUT2D eigenvalue weighted by atomic mass is 16.5. The molecule has 3 aliphatic rings. The van der Waals surface area contributed by atoms with Gasteiger partial charge >= 0.3 is 5.97 Å². The van der Waals surface area contributed by atoms with Gasteiger partial charge in [0.1, 0.15) is 5.75 Å². The van der Waals surface area contributed by atoms with Crippen LogP contribution in [-0.4, -0.2) is 36.0 Å². The van der Waals surface area contributed by atoms with Gasteiger partial charge < -0.3 is 20.1 Å². The number of carboxylic acid groups (broad SMARTS) is 1. The van der Waals surface area contributed by atoms with E-state index in [4.69, 9.17) is 9.84 Å². The molecular weight excluding hydrogens is 458 g/mol. The monoisotopic (exact) mass is 487 g/mol. The lowest BCUT2D eigenvalue weighted by molar-refractivity contribution is -0.137. The Morgan fingerprint density at radius 2 is 2.11 bits per heavy atom. The van der Waals surface area contributed by atoms with Crippen LogP contribution in [0.3, 0.4) is 0 Å². The van der Waals surface area contributed by atoms with Crippen LogP contribution in [0.1, 0.15) is 55.7 Å². The molecule has 0 aromatic heterocycles. The number of aryl methyl sites for hydroxylation is 1. The lowest BCUT2D eigenvalue weighted by Gasteiger charge is -2.29. The predicted molar refractivity (Wildman–Crippen MR) is 133 cm³/mol. The Hall–Kier alpha value is -3.86. The van der Waals surface area contributed by atoms with E-state index >= 15 is 0 Å². The zero-order valence-electron chi connectivity index (χ0n) is 20.3. The number of carboxylic acids is 1. The van der Waals surface area contributed by atoms with Crippen LogP contribution in [0.2, 0.25) is 0 Å². The minimum atomic E-state index is -0.865. The number of benzene rings is 2. The minimum Gasteiger partial charge on any atom is -0.493 e. The van der Waals surface area contributed by atoms with E-state index in [1.165, 1.54) is 0 Å². The summed E-state index contributed by atoms with van der Waals surface area (Å²) in [7, 11) is 0. The average Bonchev–Trinajstić information content (AvgIpc) is 3.19. The van der Waals surface area contributed by atoms with Crippen LogP contribution >= 0.6 is 0 Å². The molecule has 8 nitrogen and oxygen atoms in total. The second-order valence-corrected chi connectivity index (χ2v) is 9.95. The van der Waals surface area contributed by atoms with Crippen molar-refractivity contribution in [3.8, 4) is 11.8 Å². The normalized spacial score (nSPS) is 24.1. The summed E-state index contributed by atoms with van der Waals surface area (Å²) in [6.45, 7) is 3.30. The van der Waals surface area contributed by atoms with Gasteiger partial charge in [-0.1, -0.05) is 13.0 Å². The van der Waals surface area contributed by atoms with E-state index in [0.717, 1.165) is 29.0 Å². The van der Waals surface area contributed by atoms with Crippen LogP contribution in [-0.2, 0) is 26.2 Å². The second kappa shape index (κ2) is 9.30. The first-order chi connectivity index (χ1) is 17.3. The number of nitriles is 1. The molecule has 2 aliphatic heterocycles. The first-order valence-electron chi connectivity index (χ1n) is 12.5. The molecule has 2 heterocycles. The fourth-order valence-electron chi connectivity index (χ4n) is 6.07. The van der Waals surface area contributed by atoms with Gasteiger partial charge in [0.25, 0.3) is 0 Å². The van der Waals surface area contributed by atoms with Gasteiger partial charge in [-0.2, -0.15) is 5.26 Å². The summed E-state index contributed by atoms with van der Waals surface area (Å²) in [6, 6.07) is 13.1. The minimum absolute atomic E-state index is 0.0365. The van der Waals surface area contributed by atoms with E-state index < -0.39 is 5.97 Å². The molecule has 5 rings (SSSR count). The van der Waals surface area contributed by atoms with Gasteiger partial charge in [0.15, 0.2) is 0 Å². The number of fused-ring (bicyclic) bond motifs is 2. The van der Waals surface area contributed by atoms with Crippen molar-refractivity contribution in [2.45, 2.75) is 50.9 Å². The molecule has 0 bridgehead atoms. The molecule has 2 unspecified atom stereocenters. The maximum absolute atomic E-state index is 13.6. The summed E-state index contributed by atoms with van der Waals surface area (Å²) < 4.78 is 5.93. The quantitative estimate of drug-likeness (QED) is 0.609. The first kappa shape index (κ1) is 23.9. The number of nitrogens with zero attached hydrogens (tertiary/aromatic N) is 2. The van der Waals surface area contributed by atoms with Crippen LogP contribution in [0.15, 0.2) is 36.4 Å². The van der Waals surface area contributed by atoms with E-state index in [0.29, 0.717) is 50.1 Å². The largest absolute Gasteiger partial charge is 0.493 e. The first-order valence-corrected chi connectivity index (χ1v) is 12.5. The van der Waals surface area contributed by atoms with E-state index in [1.54, 1.807) is 18.2 Å². The van der Waals surface area contributed by atoms with Crippen LogP contribution in [0.4, 0.5) is 11.4 Å². The predicted octanol–water partition coefficient (Wildman–Crippen LogP) is 4.02.